The maximum atomic E-state index is 12.9. The molecule has 11 heteroatoms. The molecule has 0 aromatic heterocycles. The first kappa shape index (κ1) is 30.7. The van der Waals surface area contributed by atoms with Crippen molar-refractivity contribution in [1.29, 1.82) is 0 Å². The molecular formula is C31H37N3O8. The minimum absolute atomic E-state index is 0.0318. The third kappa shape index (κ3) is 7.33. The molecule has 0 spiro atoms. The molecule has 1 atom stereocenters. The molecule has 0 bridgehead atoms. The lowest BCUT2D eigenvalue weighted by Crippen LogP contribution is -2.32. The molecule has 1 aliphatic carbocycles. The molecule has 1 unspecified atom stereocenters. The number of hydroxylamine groups is 2. The normalized spacial score (nSPS) is 15.3. The van der Waals surface area contributed by atoms with Crippen molar-refractivity contribution in [3.63, 3.8) is 0 Å². The summed E-state index contributed by atoms with van der Waals surface area (Å²) in [5.74, 6) is -2.18. The molecule has 2 aromatic carbocycles. The number of carbonyl (C=O) groups excluding carboxylic acids is 5. The molecule has 2 N–H and O–H groups in total. The second-order valence-electron chi connectivity index (χ2n) is 10.2. The number of unbranched alkanes of at least 4 members (excludes halogenated alkanes) is 2. The summed E-state index contributed by atoms with van der Waals surface area (Å²) in [5.41, 5.74) is 4.11. The zero-order valence-corrected chi connectivity index (χ0v) is 24.0. The number of rotatable bonds is 14. The largest absolute Gasteiger partial charge is 0.533 e. The first-order valence-corrected chi connectivity index (χ1v) is 14.5. The Hall–Kier alpha value is -4.25. The van der Waals surface area contributed by atoms with Gasteiger partial charge in [0.15, 0.2) is 0 Å². The van der Waals surface area contributed by atoms with Gasteiger partial charge in [0.1, 0.15) is 6.61 Å². The third-order valence-electron chi connectivity index (χ3n) is 7.23. The van der Waals surface area contributed by atoms with Gasteiger partial charge >= 0.3 is 6.16 Å². The number of nitrogens with one attached hydrogen (secondary N) is 2. The SMILES string of the molecule is CCCCNC(=O)c1ccc2c(c1)C(COC(=O)ON1C(=O)CCC1=O)c1cc(C(=O)NCCCCOCC)ccc1-2. The van der Waals surface area contributed by atoms with Crippen LogP contribution in [0.2, 0.25) is 0 Å². The second kappa shape index (κ2) is 14.6. The Labute approximate surface area is 244 Å². The van der Waals surface area contributed by atoms with E-state index in [1.165, 1.54) is 0 Å². The monoisotopic (exact) mass is 579 g/mol. The van der Waals surface area contributed by atoms with E-state index in [1.54, 1.807) is 24.3 Å². The highest BCUT2D eigenvalue weighted by Gasteiger charge is 2.35. The van der Waals surface area contributed by atoms with Gasteiger partial charge in [0.25, 0.3) is 23.6 Å². The Kier molecular flexibility index (Phi) is 10.7. The van der Waals surface area contributed by atoms with Gasteiger partial charge in [-0.25, -0.2) is 4.79 Å². The van der Waals surface area contributed by atoms with Crippen molar-refractivity contribution in [3.8, 4) is 11.1 Å². The second-order valence-corrected chi connectivity index (χ2v) is 10.2. The van der Waals surface area contributed by atoms with Crippen LogP contribution in [-0.2, 0) is 23.9 Å². The first-order chi connectivity index (χ1) is 20.3. The maximum Gasteiger partial charge on any atom is 0.533 e. The fraction of sp³-hybridized carbons (Fsp3) is 0.452. The van der Waals surface area contributed by atoms with E-state index >= 15 is 0 Å². The molecule has 42 heavy (non-hydrogen) atoms. The number of fused-ring (bicyclic) bond motifs is 3. The number of benzene rings is 2. The Balaban J connectivity index is 1.53. The van der Waals surface area contributed by atoms with Crippen molar-refractivity contribution < 1.29 is 38.3 Å². The maximum absolute atomic E-state index is 12.9. The fourth-order valence-corrected chi connectivity index (χ4v) is 4.99. The number of nitrogens with zero attached hydrogens (tertiary/aromatic N) is 1. The quantitative estimate of drug-likeness (QED) is 0.194. The Morgan fingerprint density at radius 1 is 0.833 bits per heavy atom. The van der Waals surface area contributed by atoms with Crippen molar-refractivity contribution in [1.82, 2.24) is 15.7 Å². The van der Waals surface area contributed by atoms with Crippen LogP contribution in [0.3, 0.4) is 0 Å². The Bertz CT molecular complexity index is 1330. The van der Waals surface area contributed by atoms with Crippen molar-refractivity contribution >= 4 is 29.8 Å². The summed E-state index contributed by atoms with van der Waals surface area (Å²) in [6.07, 6.45) is 2.18. The molecule has 0 radical (unpaired) electrons. The van der Waals surface area contributed by atoms with Crippen LogP contribution in [0.5, 0.6) is 0 Å². The lowest BCUT2D eigenvalue weighted by atomic mass is 9.95. The van der Waals surface area contributed by atoms with Gasteiger partial charge in [-0.1, -0.05) is 30.5 Å². The summed E-state index contributed by atoms with van der Waals surface area (Å²) in [6.45, 7) is 6.15. The molecule has 2 aliphatic rings. The summed E-state index contributed by atoms with van der Waals surface area (Å²) in [7, 11) is 0. The molecule has 2 aromatic rings. The molecule has 1 heterocycles. The highest BCUT2D eigenvalue weighted by Crippen LogP contribution is 2.45. The number of amides is 4. The van der Waals surface area contributed by atoms with Gasteiger partial charge in [-0.05, 0) is 72.7 Å². The van der Waals surface area contributed by atoms with E-state index < -0.39 is 23.9 Å². The lowest BCUT2D eigenvalue weighted by molar-refractivity contribution is -0.177. The van der Waals surface area contributed by atoms with Crippen LogP contribution in [0.4, 0.5) is 4.79 Å². The number of hydrogen-bond donors (Lipinski definition) is 2. The number of hydrogen-bond acceptors (Lipinski definition) is 8. The number of ether oxygens (including phenoxy) is 2. The first-order valence-electron chi connectivity index (χ1n) is 14.5. The predicted molar refractivity (Wildman–Crippen MR) is 153 cm³/mol. The smallest absolute Gasteiger partial charge is 0.432 e. The van der Waals surface area contributed by atoms with Crippen LogP contribution in [0, 0.1) is 0 Å². The summed E-state index contributed by atoms with van der Waals surface area (Å²) in [6, 6.07) is 10.7. The molecule has 0 saturated carbocycles. The van der Waals surface area contributed by atoms with Gasteiger partial charge < -0.3 is 20.1 Å². The molecular weight excluding hydrogens is 542 g/mol. The topological polar surface area (TPSA) is 140 Å². The zero-order valence-electron chi connectivity index (χ0n) is 24.0. The Morgan fingerprint density at radius 3 is 1.95 bits per heavy atom. The van der Waals surface area contributed by atoms with Crippen molar-refractivity contribution in [3.05, 3.63) is 58.7 Å². The van der Waals surface area contributed by atoms with Gasteiger partial charge in [0.2, 0.25) is 0 Å². The van der Waals surface area contributed by atoms with Gasteiger partial charge in [0, 0.05) is 56.2 Å². The average molecular weight is 580 g/mol. The van der Waals surface area contributed by atoms with E-state index in [0.29, 0.717) is 42.5 Å². The number of imide groups is 1. The van der Waals surface area contributed by atoms with E-state index in [0.717, 1.165) is 47.9 Å². The summed E-state index contributed by atoms with van der Waals surface area (Å²) >= 11 is 0. The molecule has 1 saturated heterocycles. The minimum atomic E-state index is -1.19. The molecule has 1 aliphatic heterocycles. The van der Waals surface area contributed by atoms with Gasteiger partial charge in [-0.2, -0.15) is 0 Å². The highest BCUT2D eigenvalue weighted by atomic mass is 16.8. The molecule has 1 fully saturated rings. The van der Waals surface area contributed by atoms with Crippen LogP contribution in [0.15, 0.2) is 36.4 Å². The number of carbonyl (C=O) groups is 5. The van der Waals surface area contributed by atoms with E-state index in [4.69, 9.17) is 14.3 Å². The van der Waals surface area contributed by atoms with E-state index in [1.807, 2.05) is 26.0 Å². The molecule has 4 amide bonds. The van der Waals surface area contributed by atoms with Gasteiger partial charge in [-0.15, -0.1) is 0 Å². The van der Waals surface area contributed by atoms with Gasteiger partial charge in [-0.3, -0.25) is 24.0 Å². The summed E-state index contributed by atoms with van der Waals surface area (Å²) < 4.78 is 10.7. The molecule has 224 valence electrons. The predicted octanol–water partition coefficient (Wildman–Crippen LogP) is 4.09. The summed E-state index contributed by atoms with van der Waals surface area (Å²) in [4.78, 5) is 66.7. The minimum Gasteiger partial charge on any atom is -0.432 e. The van der Waals surface area contributed by atoms with E-state index in [9.17, 15) is 24.0 Å². The van der Waals surface area contributed by atoms with Crippen LogP contribution in [0.25, 0.3) is 11.1 Å². The standard InChI is InChI=1S/C31H37N3O8/c1-3-5-14-32-29(37)20-8-10-22-23-11-9-21(30(38)33-15-6-7-16-40-4-2)18-25(23)26(24(22)17-20)19-41-31(39)42-34-27(35)12-13-28(34)36/h8-11,17-18,26H,3-7,12-16,19H2,1-2H3,(H,32,37)(H,33,38). The lowest BCUT2D eigenvalue weighted by Gasteiger charge is -2.17. The third-order valence-corrected chi connectivity index (χ3v) is 7.23. The van der Waals surface area contributed by atoms with E-state index in [2.05, 4.69) is 10.6 Å². The van der Waals surface area contributed by atoms with Gasteiger partial charge in [0.05, 0.1) is 0 Å². The average Bonchev–Trinajstić information content (AvgIpc) is 3.48. The van der Waals surface area contributed by atoms with Crippen LogP contribution < -0.4 is 10.6 Å². The van der Waals surface area contributed by atoms with Crippen LogP contribution >= 0.6 is 0 Å². The molecule has 4 rings (SSSR count). The van der Waals surface area contributed by atoms with Crippen molar-refractivity contribution in [2.75, 3.05) is 32.9 Å². The van der Waals surface area contributed by atoms with Crippen LogP contribution in [-0.4, -0.2) is 67.8 Å². The fourth-order valence-electron chi connectivity index (χ4n) is 4.99. The molecule has 11 nitrogen and oxygen atoms in total. The van der Waals surface area contributed by atoms with Crippen molar-refractivity contribution in [2.24, 2.45) is 0 Å². The zero-order chi connectivity index (χ0) is 30.1. The summed E-state index contributed by atoms with van der Waals surface area (Å²) in [5, 5.41) is 6.26. The van der Waals surface area contributed by atoms with Crippen molar-refractivity contribution in [2.45, 2.75) is 58.3 Å². The van der Waals surface area contributed by atoms with Crippen LogP contribution in [0.1, 0.15) is 90.1 Å². The highest BCUT2D eigenvalue weighted by molar-refractivity contribution is 6.01. The van der Waals surface area contributed by atoms with E-state index in [-0.39, 0.29) is 31.3 Å². The Morgan fingerprint density at radius 2 is 1.40 bits per heavy atom.